The number of rotatable bonds is 16. The van der Waals surface area contributed by atoms with Gasteiger partial charge in [-0.3, -0.25) is 4.79 Å². The van der Waals surface area contributed by atoms with Crippen LogP contribution in [-0.4, -0.2) is 35.0 Å². The van der Waals surface area contributed by atoms with Crippen LogP contribution in [0.2, 0.25) is 0 Å². The van der Waals surface area contributed by atoms with Crippen LogP contribution in [0.15, 0.2) is 0 Å². The molecule has 4 heteroatoms. The lowest BCUT2D eigenvalue weighted by molar-refractivity contribution is -0.148. The van der Waals surface area contributed by atoms with Gasteiger partial charge in [-0.2, -0.15) is 0 Å². The van der Waals surface area contributed by atoms with Gasteiger partial charge in [0.1, 0.15) is 0 Å². The summed E-state index contributed by atoms with van der Waals surface area (Å²) in [6, 6.07) is 0. The molecule has 1 aliphatic rings. The summed E-state index contributed by atoms with van der Waals surface area (Å²) < 4.78 is 5.15. The SMILES string of the molecule is CCCCCC(O)CC[C@H]1CC[C@H](O)[C@@H]1CCCCCC(CC)C(=O)OCC. The quantitative estimate of drug-likeness (QED) is 0.261. The highest BCUT2D eigenvalue weighted by atomic mass is 16.5. The van der Waals surface area contributed by atoms with Gasteiger partial charge < -0.3 is 14.9 Å². The molecule has 0 saturated heterocycles. The lowest BCUT2D eigenvalue weighted by atomic mass is 9.85. The molecule has 0 amide bonds. The van der Waals surface area contributed by atoms with E-state index in [4.69, 9.17) is 4.74 Å². The molecule has 166 valence electrons. The number of esters is 1. The maximum Gasteiger partial charge on any atom is 0.308 e. The zero-order valence-electron chi connectivity index (χ0n) is 18.7. The topological polar surface area (TPSA) is 66.8 Å². The summed E-state index contributed by atoms with van der Waals surface area (Å²) in [5.74, 6) is 0.960. The third-order valence-corrected chi connectivity index (χ3v) is 6.65. The summed E-state index contributed by atoms with van der Waals surface area (Å²) in [4.78, 5) is 11.9. The number of hydrogen-bond acceptors (Lipinski definition) is 4. The minimum atomic E-state index is -0.168. The van der Waals surface area contributed by atoms with Crippen LogP contribution in [0.1, 0.15) is 111 Å². The predicted octanol–water partition coefficient (Wildman–Crippen LogP) is 5.63. The van der Waals surface area contributed by atoms with Crippen molar-refractivity contribution in [2.75, 3.05) is 6.61 Å². The van der Waals surface area contributed by atoms with Gasteiger partial charge in [0.25, 0.3) is 0 Å². The average Bonchev–Trinajstić information content (AvgIpc) is 3.03. The summed E-state index contributed by atoms with van der Waals surface area (Å²) in [6.07, 6.45) is 14.2. The zero-order chi connectivity index (χ0) is 20.8. The molecule has 2 unspecified atom stereocenters. The predicted molar refractivity (Wildman–Crippen MR) is 115 cm³/mol. The van der Waals surface area contributed by atoms with E-state index in [9.17, 15) is 15.0 Å². The van der Waals surface area contributed by atoms with Crippen molar-refractivity contribution >= 4 is 5.97 Å². The van der Waals surface area contributed by atoms with Gasteiger partial charge in [0.05, 0.1) is 24.7 Å². The largest absolute Gasteiger partial charge is 0.466 e. The summed E-state index contributed by atoms with van der Waals surface area (Å²) in [7, 11) is 0. The molecule has 0 aliphatic heterocycles. The van der Waals surface area contributed by atoms with Gasteiger partial charge in [-0.15, -0.1) is 0 Å². The molecule has 1 aliphatic carbocycles. The number of ether oxygens (including phenoxy) is 1. The minimum absolute atomic E-state index is 0.0407. The molecule has 1 saturated carbocycles. The third-order valence-electron chi connectivity index (χ3n) is 6.65. The second-order valence-electron chi connectivity index (χ2n) is 8.79. The monoisotopic (exact) mass is 398 g/mol. The summed E-state index contributed by atoms with van der Waals surface area (Å²) in [5, 5.41) is 20.6. The van der Waals surface area contributed by atoms with Gasteiger partial charge in [0, 0.05) is 0 Å². The molecule has 0 aromatic rings. The maximum absolute atomic E-state index is 11.9. The van der Waals surface area contributed by atoms with E-state index in [0.717, 1.165) is 77.0 Å². The van der Waals surface area contributed by atoms with E-state index in [0.29, 0.717) is 18.4 Å². The lowest BCUT2D eigenvalue weighted by Crippen LogP contribution is -2.20. The number of unbranched alkanes of at least 4 members (excludes halogenated alkanes) is 4. The number of carbonyl (C=O) groups is 1. The van der Waals surface area contributed by atoms with Crippen molar-refractivity contribution in [3.8, 4) is 0 Å². The van der Waals surface area contributed by atoms with Crippen LogP contribution in [-0.2, 0) is 9.53 Å². The molecular formula is C24H46O4. The van der Waals surface area contributed by atoms with Crippen LogP contribution < -0.4 is 0 Å². The van der Waals surface area contributed by atoms with Crippen molar-refractivity contribution in [1.29, 1.82) is 0 Å². The van der Waals surface area contributed by atoms with Crippen LogP contribution in [0.4, 0.5) is 0 Å². The molecule has 0 aromatic heterocycles. The van der Waals surface area contributed by atoms with Crippen molar-refractivity contribution in [2.45, 2.75) is 123 Å². The van der Waals surface area contributed by atoms with Gasteiger partial charge in [-0.25, -0.2) is 0 Å². The molecule has 28 heavy (non-hydrogen) atoms. The van der Waals surface area contributed by atoms with Crippen LogP contribution in [0, 0.1) is 17.8 Å². The molecule has 0 radical (unpaired) electrons. The molecule has 0 aromatic carbocycles. The van der Waals surface area contributed by atoms with Crippen molar-refractivity contribution in [2.24, 2.45) is 17.8 Å². The molecule has 1 rings (SSSR count). The van der Waals surface area contributed by atoms with Crippen LogP contribution in [0.25, 0.3) is 0 Å². The average molecular weight is 399 g/mol. The fourth-order valence-electron chi connectivity index (χ4n) is 4.79. The molecule has 0 heterocycles. The molecular weight excluding hydrogens is 352 g/mol. The first-order valence-electron chi connectivity index (χ1n) is 12.1. The minimum Gasteiger partial charge on any atom is -0.466 e. The fraction of sp³-hybridized carbons (Fsp3) is 0.958. The molecule has 0 bridgehead atoms. The van der Waals surface area contributed by atoms with E-state index in [1.165, 1.54) is 12.8 Å². The first-order chi connectivity index (χ1) is 13.5. The Balaban J connectivity index is 2.24. The Labute approximate surface area is 173 Å². The second-order valence-corrected chi connectivity index (χ2v) is 8.79. The summed E-state index contributed by atoms with van der Waals surface area (Å²) in [5.41, 5.74) is 0. The number of carbonyl (C=O) groups excluding carboxylic acids is 1. The Hall–Kier alpha value is -0.610. The highest BCUT2D eigenvalue weighted by Crippen LogP contribution is 2.39. The Bertz CT molecular complexity index is 398. The van der Waals surface area contributed by atoms with Crippen molar-refractivity contribution in [3.05, 3.63) is 0 Å². The number of aliphatic hydroxyl groups excluding tert-OH is 2. The van der Waals surface area contributed by atoms with E-state index in [-0.39, 0.29) is 24.1 Å². The first-order valence-corrected chi connectivity index (χ1v) is 12.1. The first kappa shape index (κ1) is 25.4. The maximum atomic E-state index is 11.9. The van der Waals surface area contributed by atoms with Gasteiger partial charge in [0.2, 0.25) is 0 Å². The fourth-order valence-corrected chi connectivity index (χ4v) is 4.79. The molecule has 1 fully saturated rings. The Morgan fingerprint density at radius 1 is 0.964 bits per heavy atom. The van der Waals surface area contributed by atoms with E-state index in [1.54, 1.807) is 0 Å². The normalized spacial score (nSPS) is 24.2. The molecule has 0 spiro atoms. The van der Waals surface area contributed by atoms with Gasteiger partial charge in [0.15, 0.2) is 0 Å². The Kier molecular flexibility index (Phi) is 13.9. The van der Waals surface area contributed by atoms with Crippen LogP contribution in [0.3, 0.4) is 0 Å². The van der Waals surface area contributed by atoms with Gasteiger partial charge in [-0.05, 0) is 70.1 Å². The second kappa shape index (κ2) is 15.3. The van der Waals surface area contributed by atoms with E-state index >= 15 is 0 Å². The van der Waals surface area contributed by atoms with Crippen molar-refractivity contribution in [3.63, 3.8) is 0 Å². The van der Waals surface area contributed by atoms with Crippen molar-refractivity contribution < 1.29 is 19.7 Å². The van der Waals surface area contributed by atoms with Crippen molar-refractivity contribution in [1.82, 2.24) is 0 Å². The third kappa shape index (κ3) is 9.73. The molecule has 2 N–H and O–H groups in total. The zero-order valence-corrected chi connectivity index (χ0v) is 18.7. The van der Waals surface area contributed by atoms with E-state index in [1.807, 2.05) is 6.92 Å². The standard InChI is InChI=1S/C24H46O4/c1-4-7-9-13-21(25)17-15-20-16-18-23(26)22(20)14-11-8-10-12-19(5-2)24(27)28-6-3/h19-23,25-26H,4-18H2,1-3H3/t19?,20-,21?,22+,23-/m0/s1. The highest BCUT2D eigenvalue weighted by molar-refractivity contribution is 5.72. The lowest BCUT2D eigenvalue weighted by Gasteiger charge is -2.23. The summed E-state index contributed by atoms with van der Waals surface area (Å²) in [6.45, 7) is 6.57. The van der Waals surface area contributed by atoms with E-state index in [2.05, 4.69) is 13.8 Å². The molecule has 5 atom stereocenters. The Morgan fingerprint density at radius 3 is 2.39 bits per heavy atom. The smallest absolute Gasteiger partial charge is 0.308 e. The molecule has 4 nitrogen and oxygen atoms in total. The van der Waals surface area contributed by atoms with Crippen LogP contribution in [0.5, 0.6) is 0 Å². The van der Waals surface area contributed by atoms with Gasteiger partial charge >= 0.3 is 5.97 Å². The number of aliphatic hydroxyl groups is 2. The number of hydrogen-bond donors (Lipinski definition) is 2. The van der Waals surface area contributed by atoms with Crippen LogP contribution >= 0.6 is 0 Å². The van der Waals surface area contributed by atoms with Gasteiger partial charge in [-0.1, -0.05) is 52.4 Å². The van der Waals surface area contributed by atoms with E-state index < -0.39 is 0 Å². The highest BCUT2D eigenvalue weighted by Gasteiger charge is 2.34. The summed E-state index contributed by atoms with van der Waals surface area (Å²) >= 11 is 0. The Morgan fingerprint density at radius 2 is 1.71 bits per heavy atom.